The van der Waals surface area contributed by atoms with E-state index in [1.54, 1.807) is 0 Å². The molecule has 0 atom stereocenters. The summed E-state index contributed by atoms with van der Waals surface area (Å²) in [6, 6.07) is 12.8. The second-order valence-electron chi connectivity index (χ2n) is 5.83. The molecule has 0 aliphatic rings. The van der Waals surface area contributed by atoms with Crippen LogP contribution in [0, 0.1) is 12.7 Å². The molecule has 0 heterocycles. The molecule has 0 saturated heterocycles. The molecule has 1 amide bonds. The summed E-state index contributed by atoms with van der Waals surface area (Å²) in [7, 11) is -3.53. The van der Waals surface area contributed by atoms with Crippen molar-refractivity contribution in [1.82, 2.24) is 5.32 Å². The molecule has 0 aromatic heterocycles. The highest BCUT2D eigenvalue weighted by molar-refractivity contribution is 7.92. The van der Waals surface area contributed by atoms with Crippen LogP contribution in [-0.2, 0) is 21.2 Å². The lowest BCUT2D eigenvalue weighted by atomic mass is 10.1. The van der Waals surface area contributed by atoms with E-state index in [0.29, 0.717) is 5.69 Å². The van der Waals surface area contributed by atoms with Crippen LogP contribution in [0.25, 0.3) is 0 Å². The van der Waals surface area contributed by atoms with Crippen molar-refractivity contribution < 1.29 is 17.6 Å². The first-order valence-corrected chi connectivity index (χ1v) is 9.66. The third-order valence-corrected chi connectivity index (χ3v) is 4.79. The summed E-state index contributed by atoms with van der Waals surface area (Å²) in [6.07, 6.45) is 1.31. The molecule has 25 heavy (non-hydrogen) atoms. The molecule has 7 heteroatoms. The molecule has 2 aromatic carbocycles. The number of benzene rings is 2. The minimum Gasteiger partial charge on any atom is -0.354 e. The van der Waals surface area contributed by atoms with E-state index in [2.05, 4.69) is 5.32 Å². The number of carbonyl (C=O) groups is 1. The number of nitrogens with one attached hydrogen (secondary N) is 1. The van der Waals surface area contributed by atoms with Crippen molar-refractivity contribution in [1.29, 1.82) is 0 Å². The largest absolute Gasteiger partial charge is 0.354 e. The summed E-state index contributed by atoms with van der Waals surface area (Å²) in [5.74, 6) is -0.623. The molecule has 0 aliphatic heterocycles. The molecule has 0 aliphatic carbocycles. The first kappa shape index (κ1) is 18.9. The molecule has 0 saturated carbocycles. The van der Waals surface area contributed by atoms with Crippen LogP contribution in [-0.4, -0.2) is 33.7 Å². The zero-order chi connectivity index (χ0) is 18.4. The van der Waals surface area contributed by atoms with Crippen LogP contribution in [0.4, 0.5) is 10.1 Å². The smallest absolute Gasteiger partial charge is 0.232 e. The minimum atomic E-state index is -3.53. The molecule has 0 fully saturated rings. The predicted octanol–water partition coefficient (Wildman–Crippen LogP) is 2.26. The lowest BCUT2D eigenvalue weighted by Gasteiger charge is -2.22. The number of rotatable bonds is 7. The first-order chi connectivity index (χ1) is 11.8. The molecule has 0 bridgehead atoms. The van der Waals surface area contributed by atoms with Gasteiger partial charge in [0.05, 0.1) is 24.9 Å². The fraction of sp³-hybridized carbons (Fsp3) is 0.278. The third kappa shape index (κ3) is 5.86. The van der Waals surface area contributed by atoms with Crippen molar-refractivity contribution >= 4 is 21.6 Å². The Morgan fingerprint density at radius 2 is 1.84 bits per heavy atom. The van der Waals surface area contributed by atoms with Gasteiger partial charge in [-0.25, -0.2) is 12.8 Å². The molecule has 1 N–H and O–H groups in total. The Hall–Kier alpha value is -2.41. The van der Waals surface area contributed by atoms with Crippen molar-refractivity contribution in [3.63, 3.8) is 0 Å². The van der Waals surface area contributed by atoms with Gasteiger partial charge in [-0.05, 0) is 36.8 Å². The van der Waals surface area contributed by atoms with Gasteiger partial charge in [-0.2, -0.15) is 0 Å². The van der Waals surface area contributed by atoms with E-state index < -0.39 is 15.8 Å². The number of amides is 1. The first-order valence-electron chi connectivity index (χ1n) is 7.81. The second kappa shape index (κ2) is 8.11. The quantitative estimate of drug-likeness (QED) is 0.819. The van der Waals surface area contributed by atoms with Gasteiger partial charge in [0.15, 0.2) is 0 Å². The van der Waals surface area contributed by atoms with Crippen molar-refractivity contribution in [2.45, 2.75) is 13.3 Å². The van der Waals surface area contributed by atoms with Crippen LogP contribution in [0.15, 0.2) is 48.5 Å². The maximum absolute atomic E-state index is 13.0. The summed E-state index contributed by atoms with van der Waals surface area (Å²) < 4.78 is 38.0. The SMILES string of the molecule is Cc1cccc(CC(=O)NCCN(c2ccc(F)cc2)S(C)(=O)=O)c1. The Labute approximate surface area is 147 Å². The maximum atomic E-state index is 13.0. The van der Waals surface area contributed by atoms with Gasteiger partial charge in [-0.1, -0.05) is 29.8 Å². The molecule has 0 spiro atoms. The topological polar surface area (TPSA) is 66.5 Å². The number of hydrogen-bond acceptors (Lipinski definition) is 3. The summed E-state index contributed by atoms with van der Waals surface area (Å²) >= 11 is 0. The fourth-order valence-electron chi connectivity index (χ4n) is 2.46. The van der Waals surface area contributed by atoms with Gasteiger partial charge in [0.25, 0.3) is 0 Å². The van der Waals surface area contributed by atoms with Crippen LogP contribution < -0.4 is 9.62 Å². The number of sulfonamides is 1. The minimum absolute atomic E-state index is 0.0734. The number of hydrogen-bond donors (Lipinski definition) is 1. The lowest BCUT2D eigenvalue weighted by Crippen LogP contribution is -2.38. The van der Waals surface area contributed by atoms with Gasteiger partial charge in [0.1, 0.15) is 5.82 Å². The number of nitrogens with zero attached hydrogens (tertiary/aromatic N) is 1. The maximum Gasteiger partial charge on any atom is 0.232 e. The van der Waals surface area contributed by atoms with Crippen molar-refractivity contribution in [2.75, 3.05) is 23.7 Å². The average Bonchev–Trinajstić information content (AvgIpc) is 2.51. The Balaban J connectivity index is 1.95. The van der Waals surface area contributed by atoms with Gasteiger partial charge in [-0.15, -0.1) is 0 Å². The van der Waals surface area contributed by atoms with Gasteiger partial charge in [0, 0.05) is 6.54 Å². The molecular formula is C18H21FN2O3S. The zero-order valence-corrected chi connectivity index (χ0v) is 15.0. The summed E-state index contributed by atoms with van der Waals surface area (Å²) in [5, 5.41) is 2.72. The Bertz CT molecular complexity index is 836. The highest BCUT2D eigenvalue weighted by atomic mass is 32.2. The standard InChI is InChI=1S/C18H21FN2O3S/c1-14-4-3-5-15(12-14)13-18(22)20-10-11-21(25(2,23)24)17-8-6-16(19)7-9-17/h3-9,12H,10-11,13H2,1-2H3,(H,20,22). The van der Waals surface area contributed by atoms with Crippen molar-refractivity contribution in [3.8, 4) is 0 Å². The van der Waals surface area contributed by atoms with E-state index in [0.717, 1.165) is 21.7 Å². The monoisotopic (exact) mass is 364 g/mol. The van der Waals surface area contributed by atoms with Gasteiger partial charge < -0.3 is 5.32 Å². The van der Waals surface area contributed by atoms with Gasteiger partial charge >= 0.3 is 0 Å². The predicted molar refractivity (Wildman–Crippen MR) is 96.5 cm³/mol. The van der Waals surface area contributed by atoms with Crippen molar-refractivity contribution in [2.24, 2.45) is 0 Å². The summed E-state index contributed by atoms with van der Waals surface area (Å²) in [5.41, 5.74) is 2.33. The van der Waals surface area contributed by atoms with Gasteiger partial charge in [0.2, 0.25) is 15.9 Å². The molecule has 2 aromatic rings. The molecular weight excluding hydrogens is 343 g/mol. The Morgan fingerprint density at radius 1 is 1.16 bits per heavy atom. The molecule has 0 radical (unpaired) electrons. The van der Waals surface area contributed by atoms with Gasteiger partial charge in [-0.3, -0.25) is 9.10 Å². The molecule has 5 nitrogen and oxygen atoms in total. The van der Waals surface area contributed by atoms with E-state index in [1.807, 2.05) is 31.2 Å². The lowest BCUT2D eigenvalue weighted by molar-refractivity contribution is -0.120. The van der Waals surface area contributed by atoms with Crippen molar-refractivity contribution in [3.05, 3.63) is 65.5 Å². The third-order valence-electron chi connectivity index (χ3n) is 3.60. The molecule has 2 rings (SSSR count). The number of halogens is 1. The van der Waals surface area contributed by atoms with Crippen LogP contribution in [0.5, 0.6) is 0 Å². The van der Waals surface area contributed by atoms with E-state index in [1.165, 1.54) is 24.3 Å². The van der Waals surface area contributed by atoms with E-state index >= 15 is 0 Å². The highest BCUT2D eigenvalue weighted by Gasteiger charge is 2.17. The number of carbonyl (C=O) groups excluding carboxylic acids is 1. The van der Waals surface area contributed by atoms with Crippen LogP contribution in [0.2, 0.25) is 0 Å². The second-order valence-corrected chi connectivity index (χ2v) is 7.73. The fourth-order valence-corrected chi connectivity index (χ4v) is 3.39. The number of anilines is 1. The average molecular weight is 364 g/mol. The van der Waals surface area contributed by atoms with E-state index in [4.69, 9.17) is 0 Å². The normalized spacial score (nSPS) is 11.2. The Kier molecular flexibility index (Phi) is 6.14. The molecule has 134 valence electrons. The zero-order valence-electron chi connectivity index (χ0n) is 14.2. The summed E-state index contributed by atoms with van der Waals surface area (Å²) in [4.78, 5) is 12.0. The summed E-state index contributed by atoms with van der Waals surface area (Å²) in [6.45, 7) is 2.19. The molecule has 0 unspecified atom stereocenters. The van der Waals surface area contributed by atoms with E-state index in [-0.39, 0.29) is 25.4 Å². The van der Waals surface area contributed by atoms with Crippen LogP contribution in [0.3, 0.4) is 0 Å². The Morgan fingerprint density at radius 3 is 2.44 bits per heavy atom. The van der Waals surface area contributed by atoms with Crippen LogP contribution in [0.1, 0.15) is 11.1 Å². The highest BCUT2D eigenvalue weighted by Crippen LogP contribution is 2.17. The van der Waals surface area contributed by atoms with Crippen LogP contribution >= 0.6 is 0 Å². The number of aryl methyl sites for hydroxylation is 1. The van der Waals surface area contributed by atoms with E-state index in [9.17, 15) is 17.6 Å².